The standard InChI is InChI=1S/C17H21NO2/c1-11-8-9-12(2)16(10-11)20-15-7-5-6-14(19-4)17(15)13(3)18/h5-10,13H,18H2,1-4H3/t13-/m1/s1. The molecule has 0 radical (unpaired) electrons. The van der Waals surface area contributed by atoms with Gasteiger partial charge in [-0.15, -0.1) is 0 Å². The molecule has 3 heteroatoms. The molecule has 3 nitrogen and oxygen atoms in total. The third-order valence-corrected chi connectivity index (χ3v) is 3.26. The van der Waals surface area contributed by atoms with E-state index in [0.717, 1.165) is 33.9 Å². The summed E-state index contributed by atoms with van der Waals surface area (Å²) in [6.45, 7) is 6.00. The molecule has 2 rings (SSSR count). The Morgan fingerprint density at radius 2 is 1.70 bits per heavy atom. The second-order valence-electron chi connectivity index (χ2n) is 5.03. The highest BCUT2D eigenvalue weighted by atomic mass is 16.5. The molecule has 2 aromatic rings. The molecule has 20 heavy (non-hydrogen) atoms. The molecule has 0 fully saturated rings. The minimum Gasteiger partial charge on any atom is -0.496 e. The number of benzene rings is 2. The first-order chi connectivity index (χ1) is 9.52. The number of hydrogen-bond donors (Lipinski definition) is 1. The van der Waals surface area contributed by atoms with Gasteiger partial charge in [0, 0.05) is 6.04 Å². The monoisotopic (exact) mass is 271 g/mol. The molecule has 0 heterocycles. The minimum absolute atomic E-state index is 0.161. The van der Waals surface area contributed by atoms with E-state index in [-0.39, 0.29) is 6.04 Å². The maximum atomic E-state index is 6.06. The molecule has 0 amide bonds. The predicted octanol–water partition coefficient (Wildman–Crippen LogP) is 4.12. The Morgan fingerprint density at radius 3 is 2.35 bits per heavy atom. The van der Waals surface area contributed by atoms with Crippen molar-refractivity contribution in [2.24, 2.45) is 5.73 Å². The van der Waals surface area contributed by atoms with Crippen LogP contribution in [0.5, 0.6) is 17.2 Å². The molecule has 0 aliphatic carbocycles. The predicted molar refractivity (Wildman–Crippen MR) is 81.6 cm³/mol. The van der Waals surface area contributed by atoms with Gasteiger partial charge in [0.05, 0.1) is 12.7 Å². The molecular formula is C17H21NO2. The van der Waals surface area contributed by atoms with Crippen molar-refractivity contribution in [2.75, 3.05) is 7.11 Å². The van der Waals surface area contributed by atoms with Gasteiger partial charge >= 0.3 is 0 Å². The van der Waals surface area contributed by atoms with E-state index in [1.165, 1.54) is 0 Å². The highest BCUT2D eigenvalue weighted by molar-refractivity contribution is 5.49. The van der Waals surface area contributed by atoms with E-state index >= 15 is 0 Å². The van der Waals surface area contributed by atoms with E-state index in [0.29, 0.717) is 0 Å². The second-order valence-corrected chi connectivity index (χ2v) is 5.03. The Kier molecular flexibility index (Phi) is 4.30. The smallest absolute Gasteiger partial charge is 0.135 e. The summed E-state index contributed by atoms with van der Waals surface area (Å²) in [6, 6.07) is 11.7. The molecule has 0 aromatic heterocycles. The highest BCUT2D eigenvalue weighted by Gasteiger charge is 2.15. The summed E-state index contributed by atoms with van der Waals surface area (Å²) in [4.78, 5) is 0. The minimum atomic E-state index is -0.161. The SMILES string of the molecule is COc1cccc(Oc2cc(C)ccc2C)c1[C@@H](C)N. The Hall–Kier alpha value is -2.00. The van der Waals surface area contributed by atoms with Crippen molar-refractivity contribution in [1.82, 2.24) is 0 Å². The first-order valence-electron chi connectivity index (χ1n) is 6.70. The van der Waals surface area contributed by atoms with Crippen LogP contribution in [0.2, 0.25) is 0 Å². The molecule has 106 valence electrons. The third-order valence-electron chi connectivity index (χ3n) is 3.26. The summed E-state index contributed by atoms with van der Waals surface area (Å²) >= 11 is 0. The van der Waals surface area contributed by atoms with E-state index in [9.17, 15) is 0 Å². The first kappa shape index (κ1) is 14.4. The van der Waals surface area contributed by atoms with Crippen molar-refractivity contribution in [3.8, 4) is 17.2 Å². The Bertz CT molecular complexity index is 606. The molecule has 0 bridgehead atoms. The van der Waals surface area contributed by atoms with Crippen LogP contribution in [0.4, 0.5) is 0 Å². The molecule has 0 saturated heterocycles. The van der Waals surface area contributed by atoms with Crippen LogP contribution >= 0.6 is 0 Å². The maximum Gasteiger partial charge on any atom is 0.135 e. The van der Waals surface area contributed by atoms with Gasteiger partial charge in [0.1, 0.15) is 17.2 Å². The van der Waals surface area contributed by atoms with Crippen LogP contribution in [0.15, 0.2) is 36.4 Å². The van der Waals surface area contributed by atoms with Gasteiger partial charge in [-0.05, 0) is 50.1 Å². The zero-order chi connectivity index (χ0) is 14.7. The lowest BCUT2D eigenvalue weighted by Crippen LogP contribution is -2.09. The van der Waals surface area contributed by atoms with Crippen LogP contribution < -0.4 is 15.2 Å². The summed E-state index contributed by atoms with van der Waals surface area (Å²) < 4.78 is 11.4. The van der Waals surface area contributed by atoms with Gasteiger partial charge < -0.3 is 15.2 Å². The number of nitrogens with two attached hydrogens (primary N) is 1. The van der Waals surface area contributed by atoms with Crippen LogP contribution in [-0.4, -0.2) is 7.11 Å². The van der Waals surface area contributed by atoms with Crippen molar-refractivity contribution < 1.29 is 9.47 Å². The van der Waals surface area contributed by atoms with E-state index in [4.69, 9.17) is 15.2 Å². The maximum absolute atomic E-state index is 6.06. The zero-order valence-electron chi connectivity index (χ0n) is 12.4. The van der Waals surface area contributed by atoms with E-state index in [1.807, 2.05) is 45.0 Å². The van der Waals surface area contributed by atoms with Gasteiger partial charge in [-0.2, -0.15) is 0 Å². The van der Waals surface area contributed by atoms with Gasteiger partial charge in [0.15, 0.2) is 0 Å². The molecule has 0 saturated carbocycles. The quantitative estimate of drug-likeness (QED) is 0.909. The van der Waals surface area contributed by atoms with Gasteiger partial charge in [-0.1, -0.05) is 18.2 Å². The molecule has 2 aromatic carbocycles. The fraction of sp³-hybridized carbons (Fsp3) is 0.294. The summed E-state index contributed by atoms with van der Waals surface area (Å²) in [5, 5.41) is 0. The zero-order valence-corrected chi connectivity index (χ0v) is 12.4. The number of aryl methyl sites for hydroxylation is 2. The van der Waals surface area contributed by atoms with Crippen molar-refractivity contribution in [1.29, 1.82) is 0 Å². The van der Waals surface area contributed by atoms with Crippen molar-refractivity contribution >= 4 is 0 Å². The third kappa shape index (κ3) is 2.94. The molecule has 0 spiro atoms. The van der Waals surface area contributed by atoms with Crippen LogP contribution in [0, 0.1) is 13.8 Å². The van der Waals surface area contributed by atoms with Gasteiger partial charge in [-0.25, -0.2) is 0 Å². The molecular weight excluding hydrogens is 250 g/mol. The highest BCUT2D eigenvalue weighted by Crippen LogP contribution is 2.36. The lowest BCUT2D eigenvalue weighted by molar-refractivity contribution is 0.397. The molecule has 1 atom stereocenters. The Balaban J connectivity index is 2.45. The van der Waals surface area contributed by atoms with Crippen molar-refractivity contribution in [3.63, 3.8) is 0 Å². The Labute approximate surface area is 120 Å². The lowest BCUT2D eigenvalue weighted by atomic mass is 10.1. The average Bonchev–Trinajstić information content (AvgIpc) is 2.42. The van der Waals surface area contributed by atoms with Crippen molar-refractivity contribution in [3.05, 3.63) is 53.1 Å². The second kappa shape index (κ2) is 5.97. The summed E-state index contributed by atoms with van der Waals surface area (Å²) in [6.07, 6.45) is 0. The van der Waals surface area contributed by atoms with Gasteiger partial charge in [-0.3, -0.25) is 0 Å². The summed E-state index contributed by atoms with van der Waals surface area (Å²) in [5.41, 5.74) is 9.19. The summed E-state index contributed by atoms with van der Waals surface area (Å²) in [5.74, 6) is 2.34. The van der Waals surface area contributed by atoms with Crippen LogP contribution in [0.1, 0.15) is 29.7 Å². The largest absolute Gasteiger partial charge is 0.496 e. The Morgan fingerprint density at radius 1 is 1.00 bits per heavy atom. The van der Waals surface area contributed by atoms with Crippen LogP contribution in [-0.2, 0) is 0 Å². The molecule has 0 aliphatic rings. The molecule has 0 aliphatic heterocycles. The fourth-order valence-corrected chi connectivity index (χ4v) is 2.18. The fourth-order valence-electron chi connectivity index (χ4n) is 2.18. The summed E-state index contributed by atoms with van der Waals surface area (Å²) in [7, 11) is 1.64. The van der Waals surface area contributed by atoms with Crippen molar-refractivity contribution in [2.45, 2.75) is 26.8 Å². The van der Waals surface area contributed by atoms with Crippen LogP contribution in [0.25, 0.3) is 0 Å². The number of hydrogen-bond acceptors (Lipinski definition) is 3. The normalized spacial score (nSPS) is 12.1. The molecule has 2 N–H and O–H groups in total. The van der Waals surface area contributed by atoms with E-state index < -0.39 is 0 Å². The lowest BCUT2D eigenvalue weighted by Gasteiger charge is -2.18. The van der Waals surface area contributed by atoms with E-state index in [1.54, 1.807) is 7.11 Å². The first-order valence-corrected chi connectivity index (χ1v) is 6.70. The topological polar surface area (TPSA) is 44.5 Å². The number of ether oxygens (including phenoxy) is 2. The molecule has 0 unspecified atom stereocenters. The van der Waals surface area contributed by atoms with Gasteiger partial charge in [0.2, 0.25) is 0 Å². The van der Waals surface area contributed by atoms with E-state index in [2.05, 4.69) is 12.1 Å². The van der Waals surface area contributed by atoms with Crippen LogP contribution in [0.3, 0.4) is 0 Å². The number of rotatable bonds is 4. The average molecular weight is 271 g/mol. The number of methoxy groups -OCH3 is 1. The van der Waals surface area contributed by atoms with Gasteiger partial charge in [0.25, 0.3) is 0 Å².